The fourth-order valence-corrected chi connectivity index (χ4v) is 2.82. The van der Waals surface area contributed by atoms with Crippen molar-refractivity contribution >= 4 is 57.8 Å². The fourth-order valence-electron chi connectivity index (χ4n) is 1.95. The second-order valence-corrected chi connectivity index (χ2v) is 7.28. The average molecular weight is 393 g/mol. The Morgan fingerprint density at radius 1 is 1.42 bits per heavy atom. The maximum absolute atomic E-state index is 12.0. The Hall–Kier alpha value is -1.84. The molecule has 0 unspecified atom stereocenters. The molecule has 0 heterocycles. The number of rotatable bonds is 4. The van der Waals surface area contributed by atoms with Gasteiger partial charge in [0.15, 0.2) is 5.11 Å². The number of carbonyl (C=O) groups excluding carboxylic acids is 1. The number of halogens is 2. The van der Waals surface area contributed by atoms with E-state index in [9.17, 15) is 14.9 Å². The summed E-state index contributed by atoms with van der Waals surface area (Å²) < 4.78 is 3.99. The van der Waals surface area contributed by atoms with Crippen molar-refractivity contribution in [2.75, 3.05) is 12.4 Å². The number of benzene rings is 1. The van der Waals surface area contributed by atoms with Crippen LogP contribution in [0.1, 0.15) is 13.3 Å². The number of carbonyl (C=O) groups is 1. The summed E-state index contributed by atoms with van der Waals surface area (Å²) in [4.78, 5) is 22.2. The summed E-state index contributed by atoms with van der Waals surface area (Å²) in [5.41, 5.74) is 4.33. The van der Waals surface area contributed by atoms with Gasteiger partial charge < -0.3 is 10.1 Å². The molecule has 1 aromatic carbocycles. The summed E-state index contributed by atoms with van der Waals surface area (Å²) in [7, 11) is 1.37. The molecule has 1 saturated carbocycles. The summed E-state index contributed by atoms with van der Waals surface area (Å²) >= 11 is 16.9. The Kier molecular flexibility index (Phi) is 5.07. The standard InChI is InChI=1S/C13H14Cl2N4O4S/c1-12(6-13(12,14)15)10(20)17-18-11(24)16-8-4-3-7(19(21)22)5-9(8)23-2/h3-5H,6H2,1-2H3,(H,17,20)(H2,16,18,24)/t12-/m1/s1. The predicted molar refractivity (Wildman–Crippen MR) is 94.3 cm³/mol. The maximum Gasteiger partial charge on any atom is 0.273 e. The molecule has 0 aromatic heterocycles. The van der Waals surface area contributed by atoms with Crippen LogP contribution in [-0.4, -0.2) is 27.4 Å². The highest BCUT2D eigenvalue weighted by molar-refractivity contribution is 7.80. The zero-order chi connectivity index (χ0) is 18.1. The van der Waals surface area contributed by atoms with E-state index in [1.807, 2.05) is 0 Å². The van der Waals surface area contributed by atoms with Gasteiger partial charge >= 0.3 is 0 Å². The van der Waals surface area contributed by atoms with Crippen molar-refractivity contribution in [2.45, 2.75) is 17.7 Å². The molecule has 0 bridgehead atoms. The first kappa shape index (κ1) is 18.5. The first-order valence-corrected chi connectivity index (χ1v) is 7.85. The number of methoxy groups -OCH3 is 1. The summed E-state index contributed by atoms with van der Waals surface area (Å²) in [6.45, 7) is 1.64. The van der Waals surface area contributed by atoms with E-state index in [0.717, 1.165) is 0 Å². The fraction of sp³-hybridized carbons (Fsp3) is 0.385. The second kappa shape index (κ2) is 6.58. The summed E-state index contributed by atoms with van der Waals surface area (Å²) in [5.74, 6) is -0.165. The van der Waals surface area contributed by atoms with E-state index >= 15 is 0 Å². The van der Waals surface area contributed by atoms with Gasteiger partial charge in [0.1, 0.15) is 10.1 Å². The molecule has 3 N–H and O–H groups in total. The molecule has 0 aliphatic heterocycles. The number of nitrogens with zero attached hydrogens (tertiary/aromatic N) is 1. The molecule has 11 heteroatoms. The molecule has 0 radical (unpaired) electrons. The molecular weight excluding hydrogens is 379 g/mol. The third kappa shape index (κ3) is 3.63. The summed E-state index contributed by atoms with van der Waals surface area (Å²) in [5, 5.41) is 13.6. The maximum atomic E-state index is 12.0. The van der Waals surface area contributed by atoms with Crippen LogP contribution in [0.2, 0.25) is 0 Å². The van der Waals surface area contributed by atoms with Crippen molar-refractivity contribution in [1.82, 2.24) is 10.9 Å². The van der Waals surface area contributed by atoms with Gasteiger partial charge in [0.05, 0.1) is 29.2 Å². The number of nitro groups is 1. The van der Waals surface area contributed by atoms with Crippen LogP contribution in [0.5, 0.6) is 5.75 Å². The number of alkyl halides is 2. The van der Waals surface area contributed by atoms with Crippen LogP contribution < -0.4 is 20.9 Å². The van der Waals surface area contributed by atoms with Crippen molar-refractivity contribution in [3.63, 3.8) is 0 Å². The highest BCUT2D eigenvalue weighted by Crippen LogP contribution is 2.63. The highest BCUT2D eigenvalue weighted by atomic mass is 35.5. The number of non-ortho nitro benzene ring substituents is 1. The van der Waals surface area contributed by atoms with E-state index in [2.05, 4.69) is 16.2 Å². The molecule has 2 rings (SSSR count). The quantitative estimate of drug-likeness (QED) is 0.312. The van der Waals surface area contributed by atoms with E-state index in [0.29, 0.717) is 12.1 Å². The molecule has 1 aliphatic carbocycles. The van der Waals surface area contributed by atoms with Crippen molar-refractivity contribution in [1.29, 1.82) is 0 Å². The Balaban J connectivity index is 1.95. The number of thiocarbonyl (C=S) groups is 1. The molecule has 0 saturated heterocycles. The van der Waals surface area contributed by atoms with Gasteiger partial charge in [-0.2, -0.15) is 0 Å². The molecule has 8 nitrogen and oxygen atoms in total. The number of hydrazine groups is 1. The van der Waals surface area contributed by atoms with Crippen LogP contribution in [0.15, 0.2) is 18.2 Å². The minimum atomic E-state index is -1.09. The number of anilines is 1. The van der Waals surface area contributed by atoms with E-state index in [4.69, 9.17) is 40.2 Å². The zero-order valence-corrected chi connectivity index (χ0v) is 15.0. The predicted octanol–water partition coefficient (Wildman–Crippen LogP) is 2.50. The molecule has 0 spiro atoms. The smallest absolute Gasteiger partial charge is 0.273 e. The average Bonchev–Trinajstić information content (AvgIpc) is 3.04. The minimum absolute atomic E-state index is 0.0643. The Labute approximate surface area is 152 Å². The van der Waals surface area contributed by atoms with Crippen LogP contribution in [-0.2, 0) is 4.79 Å². The van der Waals surface area contributed by atoms with E-state index < -0.39 is 20.6 Å². The first-order chi connectivity index (χ1) is 11.1. The number of hydrogen-bond donors (Lipinski definition) is 3. The Morgan fingerprint density at radius 3 is 2.54 bits per heavy atom. The zero-order valence-electron chi connectivity index (χ0n) is 12.7. The molecular formula is C13H14Cl2N4O4S. The number of hydrogen-bond acceptors (Lipinski definition) is 5. The van der Waals surface area contributed by atoms with Gasteiger partial charge in [-0.25, -0.2) is 0 Å². The number of amides is 1. The van der Waals surface area contributed by atoms with Crippen LogP contribution >= 0.6 is 35.4 Å². The SMILES string of the molecule is COc1cc([N+](=O)[O-])ccc1NC(=S)NNC(=O)[C@@]1(C)CC1(Cl)Cl. The third-order valence-electron chi connectivity index (χ3n) is 3.69. The van der Waals surface area contributed by atoms with Gasteiger partial charge in [0.2, 0.25) is 5.91 Å². The minimum Gasteiger partial charge on any atom is -0.494 e. The lowest BCUT2D eigenvalue weighted by Gasteiger charge is -2.16. The molecule has 1 aromatic rings. The lowest BCUT2D eigenvalue weighted by atomic mass is 10.1. The van der Waals surface area contributed by atoms with Gasteiger partial charge in [0.25, 0.3) is 5.69 Å². The van der Waals surface area contributed by atoms with Crippen LogP contribution in [0.4, 0.5) is 11.4 Å². The van der Waals surface area contributed by atoms with Gasteiger partial charge in [-0.05, 0) is 31.6 Å². The van der Waals surface area contributed by atoms with Gasteiger partial charge in [-0.1, -0.05) is 0 Å². The molecule has 1 fully saturated rings. The third-order valence-corrected chi connectivity index (χ3v) is 5.00. The number of ether oxygens (including phenoxy) is 1. The summed E-state index contributed by atoms with van der Waals surface area (Å²) in [6, 6.07) is 3.99. The Morgan fingerprint density at radius 2 is 2.04 bits per heavy atom. The van der Waals surface area contributed by atoms with E-state index in [1.165, 1.54) is 25.3 Å². The lowest BCUT2D eigenvalue weighted by molar-refractivity contribution is -0.384. The normalized spacial score (nSPS) is 20.7. The Bertz CT molecular complexity index is 715. The molecule has 24 heavy (non-hydrogen) atoms. The van der Waals surface area contributed by atoms with Gasteiger partial charge in [-0.15, -0.1) is 23.2 Å². The van der Waals surface area contributed by atoms with Crippen molar-refractivity contribution in [3.05, 3.63) is 28.3 Å². The second-order valence-electron chi connectivity index (χ2n) is 5.39. The van der Waals surface area contributed by atoms with Gasteiger partial charge in [-0.3, -0.25) is 25.8 Å². The largest absolute Gasteiger partial charge is 0.494 e. The lowest BCUT2D eigenvalue weighted by Crippen LogP contribution is -2.47. The van der Waals surface area contributed by atoms with Crippen molar-refractivity contribution in [3.8, 4) is 5.75 Å². The molecule has 1 amide bonds. The topological polar surface area (TPSA) is 106 Å². The van der Waals surface area contributed by atoms with Crippen LogP contribution in [0, 0.1) is 15.5 Å². The van der Waals surface area contributed by atoms with Crippen LogP contribution in [0.3, 0.4) is 0 Å². The molecule has 1 aliphatic rings. The monoisotopic (exact) mass is 392 g/mol. The number of nitrogens with one attached hydrogen (secondary N) is 3. The molecule has 1 atom stereocenters. The van der Waals surface area contributed by atoms with Gasteiger partial charge in [0, 0.05) is 6.07 Å². The van der Waals surface area contributed by atoms with E-state index in [1.54, 1.807) is 6.92 Å². The van der Waals surface area contributed by atoms with E-state index in [-0.39, 0.29) is 16.5 Å². The number of nitro benzene ring substituents is 1. The van der Waals surface area contributed by atoms with Crippen molar-refractivity contribution in [2.24, 2.45) is 5.41 Å². The molecule has 130 valence electrons. The van der Waals surface area contributed by atoms with Crippen molar-refractivity contribution < 1.29 is 14.5 Å². The summed E-state index contributed by atoms with van der Waals surface area (Å²) in [6.07, 6.45) is 0.340. The highest BCUT2D eigenvalue weighted by Gasteiger charge is 2.68. The first-order valence-electron chi connectivity index (χ1n) is 6.68. The van der Waals surface area contributed by atoms with Crippen LogP contribution in [0.25, 0.3) is 0 Å².